The molecule has 0 bridgehead atoms. The van der Waals surface area contributed by atoms with E-state index in [4.69, 9.17) is 4.74 Å². The van der Waals surface area contributed by atoms with Crippen LogP contribution in [0.3, 0.4) is 0 Å². The first-order valence-electron chi connectivity index (χ1n) is 17.4. The predicted molar refractivity (Wildman–Crippen MR) is 182 cm³/mol. The van der Waals surface area contributed by atoms with Gasteiger partial charge in [0.25, 0.3) is 0 Å². The highest BCUT2D eigenvalue weighted by Crippen LogP contribution is 2.64. The molecule has 3 aliphatic heterocycles. The maximum absolute atomic E-state index is 14.5. The van der Waals surface area contributed by atoms with Crippen molar-refractivity contribution in [1.82, 2.24) is 9.80 Å². The summed E-state index contributed by atoms with van der Waals surface area (Å²) in [7, 11) is 1.52. The molecule has 4 fully saturated rings. The van der Waals surface area contributed by atoms with E-state index in [0.717, 1.165) is 38.0 Å². The Bertz CT molecular complexity index is 1850. The number of carbonyl (C=O) groups excluding carboxylic acids is 4. The summed E-state index contributed by atoms with van der Waals surface area (Å²) in [5.41, 5.74) is 1.89. The van der Waals surface area contributed by atoms with Crippen molar-refractivity contribution in [2.45, 2.75) is 51.1 Å². The Balaban J connectivity index is 1.13. The molecule has 9 heteroatoms. The van der Waals surface area contributed by atoms with Crippen LogP contribution in [0.1, 0.15) is 49.7 Å². The predicted octanol–water partition coefficient (Wildman–Crippen LogP) is 5.30. The molecular formula is C40H41N3O6. The van der Waals surface area contributed by atoms with Gasteiger partial charge in [0, 0.05) is 43.2 Å². The van der Waals surface area contributed by atoms with Gasteiger partial charge >= 0.3 is 0 Å². The maximum Gasteiger partial charge on any atom is 0.241 e. The number of hydrogen-bond donors (Lipinski definition) is 1. The first-order chi connectivity index (χ1) is 23.7. The van der Waals surface area contributed by atoms with Crippen LogP contribution in [-0.4, -0.2) is 64.8 Å². The first-order valence-corrected chi connectivity index (χ1v) is 17.4. The molecule has 2 aliphatic carbocycles. The number of benzene rings is 3. The number of piperidine rings is 1. The lowest BCUT2D eigenvalue weighted by Crippen LogP contribution is -2.49. The van der Waals surface area contributed by atoms with Crippen LogP contribution >= 0.6 is 0 Å². The van der Waals surface area contributed by atoms with Gasteiger partial charge in [-0.05, 0) is 62.3 Å². The number of fused-ring (bicyclic) bond motifs is 4. The number of amides is 4. The van der Waals surface area contributed by atoms with Crippen LogP contribution in [0.4, 0.5) is 5.69 Å². The second-order valence-corrected chi connectivity index (χ2v) is 14.5. The van der Waals surface area contributed by atoms with Crippen molar-refractivity contribution >= 4 is 29.3 Å². The van der Waals surface area contributed by atoms with E-state index in [1.54, 1.807) is 41.3 Å². The van der Waals surface area contributed by atoms with Crippen LogP contribution in [0.5, 0.6) is 11.5 Å². The van der Waals surface area contributed by atoms with E-state index >= 15 is 0 Å². The van der Waals surface area contributed by atoms with Crippen molar-refractivity contribution in [2.75, 3.05) is 25.1 Å². The Morgan fingerprint density at radius 3 is 2.22 bits per heavy atom. The van der Waals surface area contributed by atoms with Gasteiger partial charge in [0.05, 0.1) is 36.0 Å². The third kappa shape index (κ3) is 4.84. The third-order valence-electron chi connectivity index (χ3n) is 12.0. The number of phenols is 1. The zero-order chi connectivity index (χ0) is 34.0. The van der Waals surface area contributed by atoms with E-state index in [1.165, 1.54) is 23.6 Å². The number of likely N-dealkylation sites (tertiary alicyclic amines) is 2. The number of carbonyl (C=O) groups is 4. The van der Waals surface area contributed by atoms with Gasteiger partial charge in [-0.3, -0.25) is 29.0 Å². The minimum atomic E-state index is -1.22. The van der Waals surface area contributed by atoms with Gasteiger partial charge in [-0.25, -0.2) is 4.90 Å². The molecule has 9 nitrogen and oxygen atoms in total. The quantitative estimate of drug-likeness (QED) is 0.283. The summed E-state index contributed by atoms with van der Waals surface area (Å²) in [6.45, 7) is 4.26. The summed E-state index contributed by atoms with van der Waals surface area (Å²) in [6.07, 6.45) is 4.13. The minimum Gasteiger partial charge on any atom is -0.508 e. The van der Waals surface area contributed by atoms with Gasteiger partial charge in [-0.2, -0.15) is 0 Å². The molecule has 3 aromatic rings. The van der Waals surface area contributed by atoms with E-state index in [0.29, 0.717) is 23.4 Å². The second kappa shape index (κ2) is 12.0. The number of imide groups is 2. The molecule has 6 atom stereocenters. The van der Waals surface area contributed by atoms with E-state index in [2.05, 4.69) is 17.0 Å². The molecular weight excluding hydrogens is 618 g/mol. The number of anilines is 1. The number of ether oxygens (including phenoxy) is 1. The fraction of sp³-hybridized carbons (Fsp3) is 0.400. The molecule has 6 unspecified atom stereocenters. The van der Waals surface area contributed by atoms with Crippen molar-refractivity contribution in [3.05, 3.63) is 102 Å². The topological polar surface area (TPSA) is 107 Å². The van der Waals surface area contributed by atoms with Crippen molar-refractivity contribution < 1.29 is 29.0 Å². The summed E-state index contributed by atoms with van der Waals surface area (Å²) in [5.74, 6) is -3.45. The Morgan fingerprint density at radius 2 is 1.55 bits per heavy atom. The van der Waals surface area contributed by atoms with E-state index < -0.39 is 35.0 Å². The van der Waals surface area contributed by atoms with Crippen molar-refractivity contribution in [2.24, 2.45) is 29.1 Å². The second-order valence-electron chi connectivity index (χ2n) is 14.5. The van der Waals surface area contributed by atoms with Gasteiger partial charge in [0.15, 0.2) is 0 Å². The normalized spacial score (nSPS) is 30.2. The number of methoxy groups -OCH3 is 1. The molecule has 4 amide bonds. The minimum absolute atomic E-state index is 0.0378. The summed E-state index contributed by atoms with van der Waals surface area (Å²) in [6, 6.07) is 24.1. The number of nitrogens with zero attached hydrogens (tertiary/aromatic N) is 3. The summed E-state index contributed by atoms with van der Waals surface area (Å²) < 4.78 is 5.36. The summed E-state index contributed by atoms with van der Waals surface area (Å²) in [5, 5.41) is 11.4. The molecule has 252 valence electrons. The molecule has 49 heavy (non-hydrogen) atoms. The number of para-hydroxylation sites is 1. The molecule has 5 aliphatic rings. The number of hydrogen-bond acceptors (Lipinski definition) is 7. The van der Waals surface area contributed by atoms with Crippen molar-refractivity contribution in [3.8, 4) is 11.5 Å². The zero-order valence-electron chi connectivity index (χ0n) is 27.8. The lowest BCUT2D eigenvalue weighted by molar-refractivity contribution is -0.144. The first kappa shape index (κ1) is 31.5. The maximum atomic E-state index is 14.5. The van der Waals surface area contributed by atoms with Crippen LogP contribution in [0, 0.1) is 29.1 Å². The fourth-order valence-corrected chi connectivity index (χ4v) is 9.64. The monoisotopic (exact) mass is 659 g/mol. The number of rotatable bonds is 6. The molecule has 3 heterocycles. The van der Waals surface area contributed by atoms with Gasteiger partial charge in [0.2, 0.25) is 23.6 Å². The van der Waals surface area contributed by atoms with Gasteiger partial charge in [-0.15, -0.1) is 0 Å². The Labute approximate surface area is 286 Å². The Morgan fingerprint density at radius 1 is 0.857 bits per heavy atom. The van der Waals surface area contributed by atoms with Crippen LogP contribution in [0.15, 0.2) is 90.5 Å². The summed E-state index contributed by atoms with van der Waals surface area (Å²) in [4.78, 5) is 62.7. The Kier molecular flexibility index (Phi) is 7.70. The molecule has 3 aromatic carbocycles. The lowest BCUT2D eigenvalue weighted by atomic mass is 9.51. The highest BCUT2D eigenvalue weighted by Gasteiger charge is 2.68. The molecule has 3 saturated heterocycles. The highest BCUT2D eigenvalue weighted by atomic mass is 16.5. The molecule has 8 rings (SSSR count). The number of allylic oxidation sites excluding steroid dienone is 2. The average molecular weight is 660 g/mol. The van der Waals surface area contributed by atoms with Crippen LogP contribution in [0.25, 0.3) is 0 Å². The smallest absolute Gasteiger partial charge is 0.241 e. The third-order valence-corrected chi connectivity index (χ3v) is 12.0. The van der Waals surface area contributed by atoms with Gasteiger partial charge < -0.3 is 9.84 Å². The standard InChI is InChI=1S/C40H41N3O6/c1-40-32(37(46)43(39(40)48)25-11-7-4-8-12-25)22-31-28(35(40)29-14-13-27(49-2)21-33(29)44)15-16-30-34(31)38(47)42(36(30)45)26-17-19-41(20-18-26)23-24-9-5-3-6-10-24/h3-15,21,26,30-32,34-35,44H,16-20,22-23H2,1-2H3. The molecule has 1 N–H and O–H groups in total. The zero-order valence-corrected chi connectivity index (χ0v) is 27.8. The van der Waals surface area contributed by atoms with Gasteiger partial charge in [-0.1, -0.05) is 66.2 Å². The van der Waals surface area contributed by atoms with Crippen molar-refractivity contribution in [3.63, 3.8) is 0 Å². The summed E-state index contributed by atoms with van der Waals surface area (Å²) >= 11 is 0. The van der Waals surface area contributed by atoms with Crippen LogP contribution in [-0.2, 0) is 25.7 Å². The Hall–Kier alpha value is -4.76. The largest absolute Gasteiger partial charge is 0.508 e. The molecule has 0 spiro atoms. The van der Waals surface area contributed by atoms with E-state index in [9.17, 15) is 24.3 Å². The van der Waals surface area contributed by atoms with Crippen molar-refractivity contribution in [1.29, 1.82) is 0 Å². The molecule has 1 saturated carbocycles. The van der Waals surface area contributed by atoms with Crippen LogP contribution < -0.4 is 9.64 Å². The average Bonchev–Trinajstić information content (AvgIpc) is 3.49. The number of phenolic OH excluding ortho intramolecular Hbond substituents is 1. The lowest BCUT2D eigenvalue weighted by Gasteiger charge is -2.49. The van der Waals surface area contributed by atoms with E-state index in [1.807, 2.05) is 37.3 Å². The number of aromatic hydroxyl groups is 1. The van der Waals surface area contributed by atoms with Gasteiger partial charge in [0.1, 0.15) is 11.5 Å². The molecule has 0 radical (unpaired) electrons. The highest BCUT2D eigenvalue weighted by molar-refractivity contribution is 6.24. The SMILES string of the molecule is COc1ccc(C2C3=CCC4C(=O)N(C5CCN(Cc6ccccc6)CC5)C(=O)C4C3CC3C(=O)N(c4ccccc4)C(=O)C32C)c(O)c1. The molecule has 0 aromatic heterocycles. The van der Waals surface area contributed by atoms with E-state index in [-0.39, 0.29) is 41.8 Å². The van der Waals surface area contributed by atoms with Crippen LogP contribution in [0.2, 0.25) is 0 Å². The fourth-order valence-electron chi connectivity index (χ4n) is 9.64.